The second-order valence-electron chi connectivity index (χ2n) is 14.2. The Balaban J connectivity index is 1.16. The third-order valence-electron chi connectivity index (χ3n) is 10.3. The average molecular weight is 831 g/mol. The topological polar surface area (TPSA) is 8.17 Å². The van der Waals surface area contributed by atoms with Crippen LogP contribution in [0.4, 0.5) is 17.1 Å². The summed E-state index contributed by atoms with van der Waals surface area (Å²) in [5.74, 6) is 0. The van der Waals surface area contributed by atoms with Gasteiger partial charge in [0.15, 0.2) is 0 Å². The van der Waals surface area contributed by atoms with Crippen LogP contribution in [0.25, 0.3) is 77.4 Å². The fourth-order valence-corrected chi connectivity index (χ4v) is 7.37. The fourth-order valence-electron chi connectivity index (χ4n) is 7.37. The number of para-hydroxylation sites is 1. The number of benzene rings is 10. The van der Waals surface area contributed by atoms with Crippen LogP contribution >= 0.6 is 0 Å². The molecule has 0 N–H and O–H groups in total. The highest BCUT2D eigenvalue weighted by Gasteiger charge is 2.16. The number of hydrogen-bond donors (Lipinski definition) is 0. The van der Waals surface area contributed by atoms with Crippen LogP contribution in [0.1, 0.15) is 41.2 Å². The maximum Gasteiger partial charge on any atom is 0.0645 e. The lowest BCUT2D eigenvalue weighted by Gasteiger charge is -2.26. The summed E-state index contributed by atoms with van der Waals surface area (Å²) in [7, 11) is 0. The van der Waals surface area contributed by atoms with Crippen LogP contribution in [0.3, 0.4) is 0 Å². The quantitative estimate of drug-likeness (QED) is 0.133. The molecule has 2 heteroatoms. The molecule has 0 aliphatic heterocycles. The highest BCUT2D eigenvalue weighted by molar-refractivity contribution is 6.09. The van der Waals surface area contributed by atoms with E-state index in [0.717, 1.165) is 33.1 Å². The van der Waals surface area contributed by atoms with Crippen molar-refractivity contribution in [3.8, 4) is 55.6 Å². The average Bonchev–Trinajstić information content (AvgIpc) is 1.12. The lowest BCUT2D eigenvalue weighted by molar-refractivity contribution is 0.869. The summed E-state index contributed by atoms with van der Waals surface area (Å²) in [5, 5.41) is 1.44. The predicted octanol–water partition coefficient (Wildman–Crippen LogP) is 16.6. The summed E-state index contributed by atoms with van der Waals surface area (Å²) in [4.78, 5) is 0.454. The standard InChI is InChI=1S/C61H44N2/c1-4-15-45(16-5-1)48-26-33-55(34-27-48)63(56-35-28-49(29-36-56)53-23-13-22-52(41-53)47-19-8-3-9-20-47)57-37-30-50(31-38-57)54-32-39-61-59(42-54)58-24-10-11-25-60(58)62(61)43-44-14-12-21-51(40-44)46-17-6-2-7-18-46/h1-42H,43H2/i1D,3D,4D,5D,8D,9D,13D,15D,16D,19D,20D,22D,23D,26D,27D,28D,29D,30D,31D,33D,34D,35D,36D,37D,38D,41D. The molecule has 0 unspecified atom stereocenters. The van der Waals surface area contributed by atoms with Crippen molar-refractivity contribution in [3.05, 3.63) is 260 Å². The van der Waals surface area contributed by atoms with E-state index >= 15 is 0 Å². The van der Waals surface area contributed by atoms with Crippen molar-refractivity contribution in [2.45, 2.75) is 6.54 Å². The van der Waals surface area contributed by atoms with Crippen molar-refractivity contribution in [2.24, 2.45) is 0 Å². The van der Waals surface area contributed by atoms with Crippen molar-refractivity contribution in [2.75, 3.05) is 4.90 Å². The molecule has 0 saturated heterocycles. The molecular weight excluding hydrogens is 761 g/mol. The van der Waals surface area contributed by atoms with E-state index < -0.39 is 208 Å². The van der Waals surface area contributed by atoms with Crippen molar-refractivity contribution in [1.29, 1.82) is 0 Å². The van der Waals surface area contributed by atoms with Crippen molar-refractivity contribution in [3.63, 3.8) is 0 Å². The molecule has 0 bridgehead atoms. The zero-order valence-electron chi connectivity index (χ0n) is 58.8. The molecule has 0 atom stereocenters. The van der Waals surface area contributed by atoms with Gasteiger partial charge < -0.3 is 9.47 Å². The van der Waals surface area contributed by atoms with Gasteiger partial charge in [0, 0.05) is 45.4 Å². The van der Waals surface area contributed by atoms with Gasteiger partial charge in [0.05, 0.1) is 35.6 Å². The monoisotopic (exact) mass is 831 g/mol. The Kier molecular flexibility index (Phi) is 5.10. The Morgan fingerprint density at radius 1 is 0.333 bits per heavy atom. The molecule has 0 amide bonds. The normalized spacial score (nSPS) is 17.0. The molecule has 0 fully saturated rings. The molecule has 0 saturated carbocycles. The van der Waals surface area contributed by atoms with Crippen molar-refractivity contribution in [1.82, 2.24) is 4.57 Å². The Labute approximate surface area is 405 Å². The molecule has 0 aliphatic rings. The second kappa shape index (κ2) is 16.7. The van der Waals surface area contributed by atoms with Gasteiger partial charge in [-0.25, -0.2) is 0 Å². The van der Waals surface area contributed by atoms with E-state index in [0.29, 0.717) is 16.8 Å². The number of nitrogens with zero attached hydrogens (tertiary/aromatic N) is 2. The third kappa shape index (κ3) is 7.60. The van der Waals surface area contributed by atoms with Gasteiger partial charge in [0.25, 0.3) is 0 Å². The highest BCUT2D eigenvalue weighted by atomic mass is 15.1. The van der Waals surface area contributed by atoms with Gasteiger partial charge in [-0.3, -0.25) is 0 Å². The summed E-state index contributed by atoms with van der Waals surface area (Å²) >= 11 is 0. The van der Waals surface area contributed by atoms with E-state index in [2.05, 4.69) is 10.6 Å². The second-order valence-corrected chi connectivity index (χ2v) is 14.2. The Morgan fingerprint density at radius 3 is 1.44 bits per heavy atom. The van der Waals surface area contributed by atoms with E-state index in [9.17, 15) is 17.8 Å². The van der Waals surface area contributed by atoms with Gasteiger partial charge in [0.1, 0.15) is 0 Å². The molecule has 0 radical (unpaired) electrons. The van der Waals surface area contributed by atoms with Crippen LogP contribution < -0.4 is 4.90 Å². The molecule has 10 aromatic carbocycles. The molecule has 0 aliphatic carbocycles. The van der Waals surface area contributed by atoms with Crippen LogP contribution in [0, 0.1) is 0 Å². The van der Waals surface area contributed by atoms with Crippen molar-refractivity contribution >= 4 is 38.9 Å². The van der Waals surface area contributed by atoms with E-state index in [1.807, 2.05) is 72.8 Å². The highest BCUT2D eigenvalue weighted by Crippen LogP contribution is 2.39. The first-order chi connectivity index (χ1) is 42.1. The van der Waals surface area contributed by atoms with Crippen molar-refractivity contribution < 1.29 is 35.6 Å². The fraction of sp³-hybridized carbons (Fsp3) is 0.0164. The van der Waals surface area contributed by atoms with Crippen LogP contribution in [-0.4, -0.2) is 4.57 Å². The Bertz CT molecular complexity index is 4760. The number of hydrogen-bond acceptors (Lipinski definition) is 1. The molecule has 1 aromatic heterocycles. The summed E-state index contributed by atoms with van der Waals surface area (Å²) in [6, 6.07) is 4.73. The summed E-state index contributed by atoms with van der Waals surface area (Å²) in [5.41, 5.74) is -3.54. The van der Waals surface area contributed by atoms with Crippen LogP contribution in [0.5, 0.6) is 0 Å². The van der Waals surface area contributed by atoms with Gasteiger partial charge in [-0.15, -0.1) is 0 Å². The number of fused-ring (bicyclic) bond motifs is 3. The summed E-state index contributed by atoms with van der Waals surface area (Å²) < 4.78 is 237. The first-order valence-electron chi connectivity index (χ1n) is 32.6. The molecule has 1 heterocycles. The van der Waals surface area contributed by atoms with E-state index in [1.54, 1.807) is 18.2 Å². The Morgan fingerprint density at radius 2 is 0.810 bits per heavy atom. The molecule has 63 heavy (non-hydrogen) atoms. The molecule has 11 rings (SSSR count). The van der Waals surface area contributed by atoms with Gasteiger partial charge in [-0.05, 0) is 128 Å². The third-order valence-corrected chi connectivity index (χ3v) is 10.3. The van der Waals surface area contributed by atoms with Crippen LogP contribution in [0.15, 0.2) is 254 Å². The maximum atomic E-state index is 9.78. The van der Waals surface area contributed by atoms with E-state index in [4.69, 9.17) is 17.8 Å². The SMILES string of the molecule is [2H]c1c([2H])c([2H])c(-c2c([2H])c([2H])c(N(c3c([2H])c([2H])c(-c4ccc5c(c4)c4ccccc4n5Cc4cccc(-c5ccccc5)c4)c([2H])c3[2H])c3c([2H])c([2H])c(-c4c([2H])c([2H])c([2H])c(-c5c([2H])c([2H])c([2H])c([2H])c5[2H])c4[2H])c([2H])c3[2H])c([2H])c2[2H])c([2H])c1[2H]. The Hall–Kier alpha value is -8.20. The minimum atomic E-state index is -1.22. The molecular formula is C61H44N2. The van der Waals surface area contributed by atoms with Crippen LogP contribution in [-0.2, 0) is 6.54 Å². The van der Waals surface area contributed by atoms with Gasteiger partial charge in [-0.1, -0.05) is 188 Å². The number of rotatable bonds is 10. The predicted molar refractivity (Wildman–Crippen MR) is 267 cm³/mol. The summed E-state index contributed by atoms with van der Waals surface area (Å²) in [6.07, 6.45) is 0. The van der Waals surface area contributed by atoms with E-state index in [-0.39, 0.29) is 11.1 Å². The first kappa shape index (κ1) is 19.2. The number of anilines is 3. The maximum absolute atomic E-state index is 9.78. The van der Waals surface area contributed by atoms with Gasteiger partial charge in [0.2, 0.25) is 0 Å². The smallest absolute Gasteiger partial charge is 0.0645 e. The summed E-state index contributed by atoms with van der Waals surface area (Å²) in [6.45, 7) is 0.424. The molecule has 0 spiro atoms. The zero-order chi connectivity index (χ0) is 64.6. The molecule has 2 nitrogen and oxygen atoms in total. The molecule has 11 aromatic rings. The molecule has 298 valence electrons. The minimum Gasteiger partial charge on any atom is -0.336 e. The zero-order valence-corrected chi connectivity index (χ0v) is 32.8. The lowest BCUT2D eigenvalue weighted by Crippen LogP contribution is -2.09. The van der Waals surface area contributed by atoms with E-state index in [1.165, 1.54) is 0 Å². The largest absolute Gasteiger partial charge is 0.336 e. The number of aromatic nitrogens is 1. The first-order valence-corrected chi connectivity index (χ1v) is 19.6. The van der Waals surface area contributed by atoms with Gasteiger partial charge in [-0.2, -0.15) is 0 Å². The minimum absolute atomic E-state index is 0.176. The van der Waals surface area contributed by atoms with Gasteiger partial charge >= 0.3 is 0 Å². The lowest BCUT2D eigenvalue weighted by atomic mass is 9.98. The van der Waals surface area contributed by atoms with Crippen LogP contribution in [0.2, 0.25) is 0 Å².